The number of benzene rings is 1. The monoisotopic (exact) mass is 307 g/mol. The van der Waals surface area contributed by atoms with Gasteiger partial charge in [-0.3, -0.25) is 9.52 Å². The Morgan fingerprint density at radius 1 is 1.47 bits per heavy atom. The van der Waals surface area contributed by atoms with E-state index in [1.54, 1.807) is 6.92 Å². The summed E-state index contributed by atoms with van der Waals surface area (Å²) >= 11 is 5.65. The maximum atomic E-state index is 11.7. The van der Waals surface area contributed by atoms with E-state index < -0.39 is 21.7 Å². The molecule has 2 N–H and O–H groups in total. The fourth-order valence-corrected chi connectivity index (χ4v) is 2.48. The number of hydrogen-bond acceptors (Lipinski definition) is 5. The predicted octanol–water partition coefficient (Wildman–Crippen LogP) is 1.74. The molecule has 0 heterocycles. The fraction of sp³-hybridized carbons (Fsp3) is 0.364. The Balaban J connectivity index is 2.69. The van der Waals surface area contributed by atoms with E-state index in [-0.39, 0.29) is 29.5 Å². The highest BCUT2D eigenvalue weighted by atomic mass is 35.5. The van der Waals surface area contributed by atoms with Crippen molar-refractivity contribution in [2.24, 2.45) is 0 Å². The molecule has 0 aromatic heterocycles. The molecule has 0 aliphatic heterocycles. The van der Waals surface area contributed by atoms with Gasteiger partial charge in [0.1, 0.15) is 0 Å². The average molecular weight is 308 g/mol. The summed E-state index contributed by atoms with van der Waals surface area (Å²) in [5, 5.41) is 9.60. The second-order valence-electron chi connectivity index (χ2n) is 3.61. The summed E-state index contributed by atoms with van der Waals surface area (Å²) in [6.07, 6.45) is -0.259. The van der Waals surface area contributed by atoms with E-state index in [1.165, 1.54) is 18.2 Å². The van der Waals surface area contributed by atoms with Gasteiger partial charge in [0.15, 0.2) is 5.75 Å². The Hall–Kier alpha value is -1.47. The molecule has 0 saturated heterocycles. The number of ether oxygens (including phenoxy) is 1. The molecule has 6 nitrogen and oxygen atoms in total. The van der Waals surface area contributed by atoms with E-state index in [9.17, 15) is 18.3 Å². The highest BCUT2D eigenvalue weighted by molar-refractivity contribution is 7.92. The minimum atomic E-state index is -3.76. The zero-order chi connectivity index (χ0) is 14.5. The predicted molar refractivity (Wildman–Crippen MR) is 71.8 cm³/mol. The largest absolute Gasteiger partial charge is 0.504 e. The van der Waals surface area contributed by atoms with E-state index in [4.69, 9.17) is 11.6 Å². The number of phenolic OH excluding ortho intramolecular Hbond substituents is 1. The molecule has 19 heavy (non-hydrogen) atoms. The highest BCUT2D eigenvalue weighted by Gasteiger charge is 2.16. The molecule has 8 heteroatoms. The molecule has 0 radical (unpaired) electrons. The van der Waals surface area contributed by atoms with Gasteiger partial charge in [0.25, 0.3) is 0 Å². The zero-order valence-electron chi connectivity index (χ0n) is 10.2. The summed E-state index contributed by atoms with van der Waals surface area (Å²) < 4.78 is 30.2. The van der Waals surface area contributed by atoms with Crippen LogP contribution >= 0.6 is 11.6 Å². The van der Waals surface area contributed by atoms with Crippen LogP contribution in [0.3, 0.4) is 0 Å². The van der Waals surface area contributed by atoms with Gasteiger partial charge in [-0.1, -0.05) is 17.7 Å². The molecule has 0 fully saturated rings. The second kappa shape index (κ2) is 6.63. The molecule has 0 aliphatic carbocycles. The van der Waals surface area contributed by atoms with Crippen molar-refractivity contribution >= 4 is 33.3 Å². The van der Waals surface area contributed by atoms with Gasteiger partial charge in [-0.05, 0) is 19.1 Å². The first-order valence-corrected chi connectivity index (χ1v) is 7.52. The number of phenols is 1. The Labute approximate surface area is 116 Å². The molecule has 106 valence electrons. The number of esters is 1. The summed E-state index contributed by atoms with van der Waals surface area (Å²) in [7, 11) is -3.76. The molecule has 0 amide bonds. The van der Waals surface area contributed by atoms with Crippen LogP contribution in [0.4, 0.5) is 5.69 Å². The van der Waals surface area contributed by atoms with Gasteiger partial charge in [-0.2, -0.15) is 0 Å². The quantitative estimate of drug-likeness (QED) is 0.617. The second-order valence-corrected chi connectivity index (χ2v) is 5.86. The number of aromatic hydroxyl groups is 1. The lowest BCUT2D eigenvalue weighted by Gasteiger charge is -2.10. The summed E-state index contributed by atoms with van der Waals surface area (Å²) in [4.78, 5) is 11.1. The Morgan fingerprint density at radius 3 is 2.79 bits per heavy atom. The molecule has 0 saturated carbocycles. The van der Waals surface area contributed by atoms with Crippen LogP contribution in [0.2, 0.25) is 5.02 Å². The number of nitrogens with one attached hydrogen (secondary N) is 1. The number of carbonyl (C=O) groups excluding carboxylic acids is 1. The Bertz CT molecular complexity index is 558. The van der Waals surface area contributed by atoms with Crippen LogP contribution in [-0.2, 0) is 19.6 Å². The van der Waals surface area contributed by atoms with Gasteiger partial charge in [-0.25, -0.2) is 8.42 Å². The summed E-state index contributed by atoms with van der Waals surface area (Å²) in [6, 6.07) is 4.28. The summed E-state index contributed by atoms with van der Waals surface area (Å²) in [6.45, 7) is 1.83. The number of carbonyl (C=O) groups is 1. The van der Waals surface area contributed by atoms with Crippen LogP contribution in [0, 0.1) is 0 Å². The number of para-hydroxylation sites is 1. The van der Waals surface area contributed by atoms with Gasteiger partial charge < -0.3 is 9.84 Å². The molecule has 1 aromatic carbocycles. The molecular weight excluding hydrogens is 294 g/mol. The topological polar surface area (TPSA) is 92.7 Å². The van der Waals surface area contributed by atoms with Crippen molar-refractivity contribution < 1.29 is 23.1 Å². The normalized spacial score (nSPS) is 11.1. The van der Waals surface area contributed by atoms with Gasteiger partial charge >= 0.3 is 5.97 Å². The number of halogens is 1. The molecule has 0 aliphatic rings. The lowest BCUT2D eigenvalue weighted by molar-refractivity contribution is -0.142. The molecule has 0 bridgehead atoms. The smallest absolute Gasteiger partial charge is 0.306 e. The van der Waals surface area contributed by atoms with Gasteiger partial charge in [-0.15, -0.1) is 0 Å². The summed E-state index contributed by atoms with van der Waals surface area (Å²) in [5.74, 6) is -1.38. The number of hydrogen-bond donors (Lipinski definition) is 2. The zero-order valence-corrected chi connectivity index (χ0v) is 11.8. The van der Waals surface area contributed by atoms with Crippen molar-refractivity contribution in [3.63, 3.8) is 0 Å². The third-order valence-corrected chi connectivity index (χ3v) is 3.71. The van der Waals surface area contributed by atoms with Gasteiger partial charge in [0.05, 0.1) is 29.5 Å². The number of sulfonamides is 1. The lowest BCUT2D eigenvalue weighted by atomic mass is 10.3. The fourth-order valence-electron chi connectivity index (χ4n) is 1.27. The van der Waals surface area contributed by atoms with E-state index in [2.05, 4.69) is 9.46 Å². The first-order valence-electron chi connectivity index (χ1n) is 5.49. The molecule has 0 spiro atoms. The lowest BCUT2D eigenvalue weighted by Crippen LogP contribution is -2.20. The molecule has 1 rings (SSSR count). The SMILES string of the molecule is CCOC(=O)CCS(=O)(=O)Nc1cccc(Cl)c1O. The third kappa shape index (κ3) is 4.96. The first kappa shape index (κ1) is 15.6. The number of anilines is 1. The Kier molecular flexibility index (Phi) is 5.44. The van der Waals surface area contributed by atoms with E-state index >= 15 is 0 Å². The first-order chi connectivity index (χ1) is 8.85. The van der Waals surface area contributed by atoms with Crippen LogP contribution < -0.4 is 4.72 Å². The van der Waals surface area contributed by atoms with Crippen molar-refractivity contribution in [2.45, 2.75) is 13.3 Å². The highest BCUT2D eigenvalue weighted by Crippen LogP contribution is 2.31. The van der Waals surface area contributed by atoms with Crippen molar-refractivity contribution in [3.8, 4) is 5.75 Å². The van der Waals surface area contributed by atoms with Crippen LogP contribution in [0.1, 0.15) is 13.3 Å². The standard InChI is InChI=1S/C11H14ClNO5S/c1-2-18-10(14)6-7-19(16,17)13-9-5-3-4-8(12)11(9)15/h3-5,13,15H,2,6-7H2,1H3. The van der Waals surface area contributed by atoms with Crippen molar-refractivity contribution in [2.75, 3.05) is 17.1 Å². The molecule has 1 aromatic rings. The summed E-state index contributed by atoms with van der Waals surface area (Å²) in [5.41, 5.74) is -0.0311. The maximum absolute atomic E-state index is 11.7. The van der Waals surface area contributed by atoms with Crippen LogP contribution in [0.25, 0.3) is 0 Å². The van der Waals surface area contributed by atoms with Crippen LogP contribution in [-0.4, -0.2) is 31.9 Å². The van der Waals surface area contributed by atoms with Crippen molar-refractivity contribution in [1.29, 1.82) is 0 Å². The van der Waals surface area contributed by atoms with Crippen LogP contribution in [0.5, 0.6) is 5.75 Å². The van der Waals surface area contributed by atoms with E-state index in [0.717, 1.165) is 0 Å². The van der Waals surface area contributed by atoms with Gasteiger partial charge in [0, 0.05) is 0 Å². The average Bonchev–Trinajstić information content (AvgIpc) is 2.33. The molecule has 0 atom stereocenters. The number of rotatable bonds is 6. The maximum Gasteiger partial charge on any atom is 0.306 e. The van der Waals surface area contributed by atoms with Gasteiger partial charge in [0.2, 0.25) is 10.0 Å². The van der Waals surface area contributed by atoms with Crippen molar-refractivity contribution in [3.05, 3.63) is 23.2 Å². The van der Waals surface area contributed by atoms with Crippen molar-refractivity contribution in [1.82, 2.24) is 0 Å². The third-order valence-electron chi connectivity index (χ3n) is 2.13. The van der Waals surface area contributed by atoms with E-state index in [0.29, 0.717) is 0 Å². The minimum Gasteiger partial charge on any atom is -0.504 e. The molecule has 0 unspecified atom stereocenters. The molecular formula is C11H14ClNO5S. The van der Waals surface area contributed by atoms with Crippen LogP contribution in [0.15, 0.2) is 18.2 Å². The van der Waals surface area contributed by atoms with E-state index in [1.807, 2.05) is 0 Å². The Morgan fingerprint density at radius 2 is 2.16 bits per heavy atom. The minimum absolute atomic E-state index is 0.0311.